The topological polar surface area (TPSA) is 53.2 Å². The molecular weight excluding hydrogens is 469 g/mol. The van der Waals surface area contributed by atoms with Crippen LogP contribution in [0.25, 0.3) is 0 Å². The Balaban J connectivity index is 2.56. The molecule has 0 fully saturated rings. The number of amides is 1. The molecule has 0 heterocycles. The molecule has 0 aliphatic carbocycles. The molecule has 1 rings (SSSR count). The summed E-state index contributed by atoms with van der Waals surface area (Å²) in [6, 6.07) is 7.42. The number of anilines is 1. The zero-order chi connectivity index (χ0) is 18.9. The maximum atomic E-state index is 12.0. The van der Waals surface area contributed by atoms with E-state index >= 15 is 0 Å². The Hall–Kier alpha value is -0.270. The predicted octanol–water partition coefficient (Wildman–Crippen LogP) is 5.52. The van der Waals surface area contributed by atoms with Crippen LogP contribution < -0.4 is 16.0 Å². The van der Waals surface area contributed by atoms with E-state index in [4.69, 9.17) is 47.0 Å². The van der Waals surface area contributed by atoms with E-state index in [0.29, 0.717) is 6.42 Å². The number of halogens is 4. The Bertz CT molecular complexity index is 567. The highest BCUT2D eigenvalue weighted by atomic mass is 79.9. The standard InChI is InChI=1S/C16H21BrCl3N3OS/c1-2-3-4-5-6-13(24)22-14(16(18,19)20)23-15(25)21-12-9-7-11(17)8-10-12/h7-10,14H,2-6H2,1H3,(H,22,24)(H2,21,23,25). The van der Waals surface area contributed by atoms with Gasteiger partial charge in [-0.05, 0) is 42.9 Å². The quantitative estimate of drug-likeness (QED) is 0.195. The summed E-state index contributed by atoms with van der Waals surface area (Å²) in [4.78, 5) is 12.0. The summed E-state index contributed by atoms with van der Waals surface area (Å²) in [5, 5.41) is 8.73. The van der Waals surface area contributed by atoms with Crippen LogP contribution >= 0.6 is 63.0 Å². The summed E-state index contributed by atoms with van der Waals surface area (Å²) in [6.07, 6.45) is 3.45. The van der Waals surface area contributed by atoms with Gasteiger partial charge in [0.15, 0.2) is 5.11 Å². The zero-order valence-corrected chi connectivity index (χ0v) is 18.4. The molecule has 0 saturated carbocycles. The van der Waals surface area contributed by atoms with Crippen LogP contribution in [0.15, 0.2) is 28.7 Å². The Morgan fingerprint density at radius 2 is 1.80 bits per heavy atom. The fourth-order valence-corrected chi connectivity index (χ4v) is 2.80. The monoisotopic (exact) mass is 487 g/mol. The van der Waals surface area contributed by atoms with Gasteiger partial charge in [-0.3, -0.25) is 4.79 Å². The zero-order valence-electron chi connectivity index (χ0n) is 13.8. The minimum Gasteiger partial charge on any atom is -0.339 e. The van der Waals surface area contributed by atoms with Crippen molar-refractivity contribution >= 4 is 79.7 Å². The van der Waals surface area contributed by atoms with E-state index in [1.165, 1.54) is 0 Å². The normalized spacial score (nSPS) is 12.4. The second-order valence-corrected chi connectivity index (χ2v) is 9.15. The van der Waals surface area contributed by atoms with Crippen LogP contribution in [0.3, 0.4) is 0 Å². The Morgan fingerprint density at radius 3 is 2.36 bits per heavy atom. The lowest BCUT2D eigenvalue weighted by Crippen LogP contribution is -2.56. The van der Waals surface area contributed by atoms with Crippen LogP contribution in [-0.4, -0.2) is 21.0 Å². The number of hydrogen-bond acceptors (Lipinski definition) is 2. The average Bonchev–Trinajstić information content (AvgIpc) is 2.52. The number of nitrogens with one attached hydrogen (secondary N) is 3. The maximum Gasteiger partial charge on any atom is 0.228 e. The summed E-state index contributed by atoms with van der Waals surface area (Å²) < 4.78 is -0.795. The van der Waals surface area contributed by atoms with Gasteiger partial charge in [-0.25, -0.2) is 0 Å². The van der Waals surface area contributed by atoms with Gasteiger partial charge in [0, 0.05) is 16.6 Å². The summed E-state index contributed by atoms with van der Waals surface area (Å²) in [5.74, 6) is -0.189. The minimum absolute atomic E-state index is 0.189. The summed E-state index contributed by atoms with van der Waals surface area (Å²) >= 11 is 26.5. The summed E-state index contributed by atoms with van der Waals surface area (Å²) in [5.41, 5.74) is 0.773. The lowest BCUT2D eigenvalue weighted by atomic mass is 10.1. The minimum atomic E-state index is -1.75. The molecule has 1 unspecified atom stereocenters. The van der Waals surface area contributed by atoms with Crippen molar-refractivity contribution in [2.45, 2.75) is 49.0 Å². The first-order chi connectivity index (χ1) is 11.7. The average molecular weight is 490 g/mol. The molecule has 9 heteroatoms. The van der Waals surface area contributed by atoms with Gasteiger partial charge in [-0.1, -0.05) is 76.9 Å². The summed E-state index contributed by atoms with van der Waals surface area (Å²) in [7, 11) is 0. The number of thiocarbonyl (C=S) groups is 1. The van der Waals surface area contributed by atoms with Gasteiger partial charge < -0.3 is 16.0 Å². The molecule has 25 heavy (non-hydrogen) atoms. The Morgan fingerprint density at radius 1 is 1.16 bits per heavy atom. The van der Waals surface area contributed by atoms with Crippen molar-refractivity contribution in [2.75, 3.05) is 5.32 Å². The number of hydrogen-bond donors (Lipinski definition) is 3. The molecule has 4 nitrogen and oxygen atoms in total. The van der Waals surface area contributed by atoms with E-state index in [1.54, 1.807) is 0 Å². The van der Waals surface area contributed by atoms with Crippen molar-refractivity contribution in [3.05, 3.63) is 28.7 Å². The van der Waals surface area contributed by atoms with Crippen LogP contribution in [0.4, 0.5) is 5.69 Å². The molecule has 0 spiro atoms. The molecule has 1 atom stereocenters. The van der Waals surface area contributed by atoms with Crippen LogP contribution in [0.1, 0.15) is 39.0 Å². The smallest absolute Gasteiger partial charge is 0.228 e. The largest absolute Gasteiger partial charge is 0.339 e. The van der Waals surface area contributed by atoms with E-state index in [2.05, 4.69) is 38.8 Å². The van der Waals surface area contributed by atoms with Gasteiger partial charge in [0.1, 0.15) is 6.17 Å². The van der Waals surface area contributed by atoms with Crippen LogP contribution in [-0.2, 0) is 4.79 Å². The lowest BCUT2D eigenvalue weighted by molar-refractivity contribution is -0.122. The van der Waals surface area contributed by atoms with Gasteiger partial charge in [0.25, 0.3) is 0 Å². The molecule has 0 aromatic heterocycles. The number of benzene rings is 1. The lowest BCUT2D eigenvalue weighted by Gasteiger charge is -2.27. The first-order valence-corrected chi connectivity index (χ1v) is 10.2. The fraction of sp³-hybridized carbons (Fsp3) is 0.500. The predicted molar refractivity (Wildman–Crippen MR) is 114 cm³/mol. The Kier molecular flexibility index (Phi) is 10.4. The Labute approximate surface area is 177 Å². The molecular formula is C16H21BrCl3N3OS. The summed E-state index contributed by atoms with van der Waals surface area (Å²) in [6.45, 7) is 2.11. The SMILES string of the molecule is CCCCCCC(=O)NC(NC(=S)Nc1ccc(Br)cc1)C(Cl)(Cl)Cl. The number of rotatable bonds is 8. The molecule has 3 N–H and O–H groups in total. The number of carbonyl (C=O) groups excluding carboxylic acids is 1. The van der Waals surface area contributed by atoms with Crippen molar-refractivity contribution in [1.29, 1.82) is 0 Å². The van der Waals surface area contributed by atoms with E-state index in [0.717, 1.165) is 35.8 Å². The van der Waals surface area contributed by atoms with Crippen LogP contribution in [0, 0.1) is 0 Å². The number of unbranched alkanes of at least 4 members (excludes halogenated alkanes) is 3. The van der Waals surface area contributed by atoms with Crippen molar-refractivity contribution in [3.63, 3.8) is 0 Å². The van der Waals surface area contributed by atoms with Crippen molar-refractivity contribution in [1.82, 2.24) is 10.6 Å². The molecule has 1 aromatic rings. The maximum absolute atomic E-state index is 12.0. The van der Waals surface area contributed by atoms with Crippen molar-refractivity contribution < 1.29 is 4.79 Å². The molecule has 0 aliphatic rings. The molecule has 0 saturated heterocycles. The second kappa shape index (κ2) is 11.4. The van der Waals surface area contributed by atoms with Gasteiger partial charge in [0.05, 0.1) is 0 Å². The third-order valence-corrected chi connectivity index (χ3v) is 4.67. The molecule has 0 radical (unpaired) electrons. The fourth-order valence-electron chi connectivity index (χ4n) is 1.98. The van der Waals surface area contributed by atoms with E-state index < -0.39 is 9.96 Å². The van der Waals surface area contributed by atoms with Gasteiger partial charge in [0.2, 0.25) is 9.70 Å². The number of carbonyl (C=O) groups is 1. The first-order valence-electron chi connectivity index (χ1n) is 7.91. The third-order valence-electron chi connectivity index (χ3n) is 3.27. The second-order valence-electron chi connectivity index (χ2n) is 5.46. The van der Waals surface area contributed by atoms with Gasteiger partial charge >= 0.3 is 0 Å². The molecule has 140 valence electrons. The first kappa shape index (κ1) is 22.8. The molecule has 1 amide bonds. The van der Waals surface area contributed by atoms with Gasteiger partial charge in [-0.15, -0.1) is 0 Å². The van der Waals surface area contributed by atoms with E-state index in [1.807, 2.05) is 24.3 Å². The van der Waals surface area contributed by atoms with E-state index in [9.17, 15) is 4.79 Å². The van der Waals surface area contributed by atoms with Crippen LogP contribution in [0.5, 0.6) is 0 Å². The number of alkyl halides is 3. The highest BCUT2D eigenvalue weighted by molar-refractivity contribution is 9.10. The van der Waals surface area contributed by atoms with Crippen molar-refractivity contribution in [2.24, 2.45) is 0 Å². The highest BCUT2D eigenvalue weighted by Gasteiger charge is 2.34. The van der Waals surface area contributed by atoms with Crippen molar-refractivity contribution in [3.8, 4) is 0 Å². The molecule has 0 bridgehead atoms. The third kappa shape index (κ3) is 9.85. The molecule has 1 aromatic carbocycles. The van der Waals surface area contributed by atoms with Gasteiger partial charge in [-0.2, -0.15) is 0 Å². The highest BCUT2D eigenvalue weighted by Crippen LogP contribution is 2.29. The molecule has 0 aliphatic heterocycles. The van der Waals surface area contributed by atoms with Crippen LogP contribution in [0.2, 0.25) is 0 Å². The van der Waals surface area contributed by atoms with E-state index in [-0.39, 0.29) is 11.0 Å².